The van der Waals surface area contributed by atoms with E-state index in [0.29, 0.717) is 0 Å². The fraction of sp³-hybridized carbons (Fsp3) is 0.519. The molecule has 0 amide bonds. The largest absolute Gasteiger partial charge is 0.507 e. The van der Waals surface area contributed by atoms with Crippen LogP contribution in [0.1, 0.15) is 15.9 Å². The van der Waals surface area contributed by atoms with E-state index in [1.165, 1.54) is 18.2 Å². The molecule has 0 aromatic heterocycles. The summed E-state index contributed by atoms with van der Waals surface area (Å²) in [5.41, 5.74) is -0.211. The average Bonchev–Trinajstić information content (AvgIpc) is 3.01. The molecular formula is C27H34O16. The second-order valence-corrected chi connectivity index (χ2v) is 9.81. The lowest BCUT2D eigenvalue weighted by Gasteiger charge is -2.39. The van der Waals surface area contributed by atoms with Crippen molar-refractivity contribution in [1.82, 2.24) is 0 Å². The van der Waals surface area contributed by atoms with Gasteiger partial charge in [-0.15, -0.1) is 0 Å². The number of phenolic OH excluding ortho intramolecular Hbond substituents is 1. The summed E-state index contributed by atoms with van der Waals surface area (Å²) < 4.78 is 32.6. The number of aliphatic hydroxyl groups excluding tert-OH is 8. The Morgan fingerprint density at radius 3 is 1.81 bits per heavy atom. The van der Waals surface area contributed by atoms with Crippen molar-refractivity contribution < 1.29 is 79.2 Å². The van der Waals surface area contributed by atoms with E-state index >= 15 is 0 Å². The van der Waals surface area contributed by atoms with Gasteiger partial charge in [-0.3, -0.25) is 0 Å². The predicted molar refractivity (Wildman–Crippen MR) is 139 cm³/mol. The van der Waals surface area contributed by atoms with E-state index in [4.69, 9.17) is 28.4 Å². The zero-order valence-electron chi connectivity index (χ0n) is 22.7. The Balaban J connectivity index is 1.50. The van der Waals surface area contributed by atoms with Crippen LogP contribution >= 0.6 is 0 Å². The molecule has 2 aromatic carbocycles. The van der Waals surface area contributed by atoms with Crippen LogP contribution in [0.25, 0.3) is 0 Å². The molecule has 0 bridgehead atoms. The molecule has 9 N–H and O–H groups in total. The SMILES string of the molecule is COc1c(O[C@H]2O[C@@H](CO)[C@@H](O)[C@@H](O)[C@@H]2O)ccc(O)c1C(=O)OCc1ccccc1O[C@@H]1O[C@H](CO)[C@@H](O)[C@H](O)[C@H]1O. The van der Waals surface area contributed by atoms with Crippen molar-refractivity contribution in [3.63, 3.8) is 0 Å². The highest BCUT2D eigenvalue weighted by Crippen LogP contribution is 2.39. The number of phenols is 1. The lowest BCUT2D eigenvalue weighted by atomic mass is 9.99. The number of aliphatic hydroxyl groups is 8. The summed E-state index contributed by atoms with van der Waals surface area (Å²) in [6.45, 7) is -1.79. The Bertz CT molecular complexity index is 1240. The maximum atomic E-state index is 13.1. The van der Waals surface area contributed by atoms with Crippen molar-refractivity contribution >= 4 is 5.97 Å². The number of benzene rings is 2. The molecule has 0 radical (unpaired) electrons. The number of methoxy groups -OCH3 is 1. The number of carbonyl (C=O) groups is 1. The third-order valence-corrected chi connectivity index (χ3v) is 7.02. The third kappa shape index (κ3) is 6.78. The third-order valence-electron chi connectivity index (χ3n) is 7.02. The van der Waals surface area contributed by atoms with Crippen molar-refractivity contribution in [2.75, 3.05) is 20.3 Å². The van der Waals surface area contributed by atoms with Crippen LogP contribution in [0.4, 0.5) is 0 Å². The summed E-state index contributed by atoms with van der Waals surface area (Å²) >= 11 is 0. The van der Waals surface area contributed by atoms with Gasteiger partial charge in [0.05, 0.1) is 20.3 Å². The summed E-state index contributed by atoms with van der Waals surface area (Å²) in [6.07, 6.45) is -15.6. The summed E-state index contributed by atoms with van der Waals surface area (Å²) in [7, 11) is 1.16. The van der Waals surface area contributed by atoms with Crippen LogP contribution in [0.15, 0.2) is 36.4 Å². The number of aromatic hydroxyl groups is 1. The van der Waals surface area contributed by atoms with E-state index in [-0.39, 0.29) is 22.8 Å². The smallest absolute Gasteiger partial charge is 0.346 e. The fourth-order valence-electron chi connectivity index (χ4n) is 4.58. The van der Waals surface area contributed by atoms with Gasteiger partial charge in [-0.2, -0.15) is 0 Å². The van der Waals surface area contributed by atoms with E-state index in [0.717, 1.165) is 13.2 Å². The molecule has 0 spiro atoms. The Morgan fingerprint density at radius 1 is 0.744 bits per heavy atom. The van der Waals surface area contributed by atoms with Gasteiger partial charge in [-0.25, -0.2) is 4.79 Å². The van der Waals surface area contributed by atoms with Crippen molar-refractivity contribution in [1.29, 1.82) is 0 Å². The molecule has 2 aliphatic rings. The molecule has 2 heterocycles. The first kappa shape index (κ1) is 32.6. The van der Waals surface area contributed by atoms with Gasteiger partial charge in [0.1, 0.15) is 72.5 Å². The maximum absolute atomic E-state index is 13.1. The first-order valence-corrected chi connectivity index (χ1v) is 13.1. The first-order valence-electron chi connectivity index (χ1n) is 13.1. The minimum atomic E-state index is -1.76. The van der Waals surface area contributed by atoms with E-state index in [1.807, 2.05) is 0 Å². The highest BCUT2D eigenvalue weighted by atomic mass is 16.7. The Kier molecular flexibility index (Phi) is 10.6. The lowest BCUT2D eigenvalue weighted by Crippen LogP contribution is -2.60. The van der Waals surface area contributed by atoms with Crippen LogP contribution in [-0.2, 0) is 20.8 Å². The molecule has 43 heavy (non-hydrogen) atoms. The van der Waals surface area contributed by atoms with Crippen LogP contribution < -0.4 is 14.2 Å². The Labute approximate surface area is 244 Å². The van der Waals surface area contributed by atoms with Crippen LogP contribution in [0.2, 0.25) is 0 Å². The number of para-hydroxylation sites is 1. The van der Waals surface area contributed by atoms with Crippen molar-refractivity contribution in [2.24, 2.45) is 0 Å². The molecule has 238 valence electrons. The van der Waals surface area contributed by atoms with E-state index in [1.54, 1.807) is 12.1 Å². The van der Waals surface area contributed by atoms with Crippen LogP contribution in [-0.4, -0.2) is 134 Å². The second-order valence-electron chi connectivity index (χ2n) is 9.81. The molecular weight excluding hydrogens is 580 g/mol. The maximum Gasteiger partial charge on any atom is 0.346 e. The summed E-state index contributed by atoms with van der Waals surface area (Å²) in [5.74, 6) is -2.13. The zero-order chi connectivity index (χ0) is 31.4. The van der Waals surface area contributed by atoms with E-state index < -0.39 is 98.5 Å². The number of hydrogen-bond acceptors (Lipinski definition) is 16. The normalized spacial score (nSPS) is 32.6. The molecule has 2 saturated heterocycles. The molecule has 2 aliphatic heterocycles. The quantitative estimate of drug-likeness (QED) is 0.122. The first-order chi connectivity index (χ1) is 20.5. The summed E-state index contributed by atoms with van der Waals surface area (Å²) in [4.78, 5) is 13.1. The second kappa shape index (κ2) is 14.0. The Hall–Kier alpha value is -3.29. The van der Waals surface area contributed by atoms with E-state index in [2.05, 4.69) is 0 Å². The molecule has 4 rings (SSSR count). The fourth-order valence-corrected chi connectivity index (χ4v) is 4.58. The standard InChI is InChI=1S/C27H34O16/c1-38-24-14(41-27-23(36)21(34)19(32)16(9-29)43-27)7-6-12(30)17(24)25(37)39-10-11-4-2-3-5-13(11)40-26-22(35)20(33)18(31)15(8-28)42-26/h2-7,15-16,18-23,26-36H,8-10H2,1H3/t15-,16+,18-,19-,20+,21-,22-,23+,26-,27+/m1/s1. The number of carbonyl (C=O) groups excluding carboxylic acids is 1. The van der Waals surface area contributed by atoms with Gasteiger partial charge in [0, 0.05) is 5.56 Å². The predicted octanol–water partition coefficient (Wildman–Crippen LogP) is -2.88. The highest BCUT2D eigenvalue weighted by molar-refractivity contribution is 5.96. The highest BCUT2D eigenvalue weighted by Gasteiger charge is 2.46. The van der Waals surface area contributed by atoms with Gasteiger partial charge in [-0.1, -0.05) is 18.2 Å². The molecule has 16 heteroatoms. The summed E-state index contributed by atoms with van der Waals surface area (Å²) in [5, 5.41) is 90.0. The van der Waals surface area contributed by atoms with Crippen molar-refractivity contribution in [3.05, 3.63) is 47.5 Å². The van der Waals surface area contributed by atoms with Crippen molar-refractivity contribution in [3.8, 4) is 23.0 Å². The average molecular weight is 615 g/mol. The number of hydrogen-bond donors (Lipinski definition) is 9. The topological polar surface area (TPSA) is 255 Å². The molecule has 0 aliphatic carbocycles. The van der Waals surface area contributed by atoms with Crippen LogP contribution in [0, 0.1) is 0 Å². The van der Waals surface area contributed by atoms with E-state index in [9.17, 15) is 50.8 Å². The monoisotopic (exact) mass is 614 g/mol. The van der Waals surface area contributed by atoms with Crippen molar-refractivity contribution in [2.45, 2.75) is 68.0 Å². The molecule has 2 aromatic rings. The molecule has 0 saturated carbocycles. The zero-order valence-corrected chi connectivity index (χ0v) is 22.7. The molecule has 0 unspecified atom stereocenters. The molecule has 10 atom stereocenters. The number of esters is 1. The summed E-state index contributed by atoms with van der Waals surface area (Å²) in [6, 6.07) is 8.40. The molecule has 16 nitrogen and oxygen atoms in total. The number of ether oxygens (including phenoxy) is 6. The van der Waals surface area contributed by atoms with Crippen LogP contribution in [0.5, 0.6) is 23.0 Å². The van der Waals surface area contributed by atoms with Crippen LogP contribution in [0.3, 0.4) is 0 Å². The molecule has 2 fully saturated rings. The van der Waals surface area contributed by atoms with Gasteiger partial charge < -0.3 is 74.4 Å². The minimum absolute atomic E-state index is 0.0653. The minimum Gasteiger partial charge on any atom is -0.507 e. The lowest BCUT2D eigenvalue weighted by molar-refractivity contribution is -0.277. The Morgan fingerprint density at radius 2 is 1.28 bits per heavy atom. The van der Waals surface area contributed by atoms with Gasteiger partial charge >= 0.3 is 5.97 Å². The van der Waals surface area contributed by atoms with Gasteiger partial charge in [0.15, 0.2) is 11.5 Å². The number of rotatable bonds is 10. The van der Waals surface area contributed by atoms with Gasteiger partial charge in [0.25, 0.3) is 0 Å². The van der Waals surface area contributed by atoms with Gasteiger partial charge in [-0.05, 0) is 18.2 Å². The van der Waals surface area contributed by atoms with Gasteiger partial charge in [0.2, 0.25) is 12.6 Å².